The summed E-state index contributed by atoms with van der Waals surface area (Å²) in [7, 11) is -3.69. The lowest BCUT2D eigenvalue weighted by Crippen LogP contribution is -2.42. The zero-order chi connectivity index (χ0) is 19.9. The van der Waals surface area contributed by atoms with Crippen LogP contribution in [0, 0.1) is 13.8 Å². The van der Waals surface area contributed by atoms with Crippen molar-refractivity contribution in [1.29, 1.82) is 0 Å². The Labute approximate surface area is 154 Å². The van der Waals surface area contributed by atoms with Crippen molar-refractivity contribution in [2.45, 2.75) is 39.8 Å². The minimum atomic E-state index is -3.69. The molecule has 26 heavy (non-hydrogen) atoms. The fourth-order valence-electron chi connectivity index (χ4n) is 2.09. The van der Waals surface area contributed by atoms with Crippen LogP contribution in [0.5, 0.6) is 0 Å². The molecule has 0 radical (unpaired) electrons. The van der Waals surface area contributed by atoms with Crippen molar-refractivity contribution in [3.63, 3.8) is 0 Å². The molecule has 1 unspecified atom stereocenters. The molecule has 0 aliphatic rings. The summed E-state index contributed by atoms with van der Waals surface area (Å²) in [6, 6.07) is 3.82. The molecular formula is C17H26N2O6S. The molecule has 1 atom stereocenters. The SMILES string of the molecule is Cc1ccc(C(NC(=O)CNS(=O)(=O)CCOC(C)C)C(=O)O)cc1C. The van der Waals surface area contributed by atoms with E-state index in [1.807, 2.05) is 13.8 Å². The van der Waals surface area contributed by atoms with Gasteiger partial charge in [0.2, 0.25) is 15.9 Å². The Hall–Kier alpha value is -1.97. The van der Waals surface area contributed by atoms with E-state index in [1.54, 1.807) is 32.0 Å². The highest BCUT2D eigenvalue weighted by Crippen LogP contribution is 2.17. The van der Waals surface area contributed by atoms with Gasteiger partial charge in [0.25, 0.3) is 0 Å². The van der Waals surface area contributed by atoms with Gasteiger partial charge in [0.1, 0.15) is 0 Å². The zero-order valence-electron chi connectivity index (χ0n) is 15.4. The third-order valence-electron chi connectivity index (χ3n) is 3.67. The molecule has 3 N–H and O–H groups in total. The molecule has 146 valence electrons. The number of carbonyl (C=O) groups is 2. The van der Waals surface area contributed by atoms with E-state index in [9.17, 15) is 23.1 Å². The molecule has 0 saturated heterocycles. The molecule has 0 heterocycles. The highest BCUT2D eigenvalue weighted by Gasteiger charge is 2.23. The first-order valence-electron chi connectivity index (χ1n) is 8.20. The number of carbonyl (C=O) groups excluding carboxylic acids is 1. The Morgan fingerprint density at radius 1 is 1.19 bits per heavy atom. The monoisotopic (exact) mass is 386 g/mol. The van der Waals surface area contributed by atoms with E-state index in [-0.39, 0.29) is 18.5 Å². The second-order valence-corrected chi connectivity index (χ2v) is 8.17. The molecular weight excluding hydrogens is 360 g/mol. The Bertz CT molecular complexity index is 746. The minimum absolute atomic E-state index is 0.00894. The smallest absolute Gasteiger partial charge is 0.330 e. The van der Waals surface area contributed by atoms with Crippen molar-refractivity contribution < 1.29 is 27.9 Å². The van der Waals surface area contributed by atoms with Gasteiger partial charge in [-0.25, -0.2) is 17.9 Å². The van der Waals surface area contributed by atoms with E-state index in [4.69, 9.17) is 4.74 Å². The van der Waals surface area contributed by atoms with Crippen LogP contribution in [0.15, 0.2) is 18.2 Å². The maximum Gasteiger partial charge on any atom is 0.330 e. The third-order valence-corrected chi connectivity index (χ3v) is 4.96. The van der Waals surface area contributed by atoms with Crippen molar-refractivity contribution in [1.82, 2.24) is 10.0 Å². The molecule has 1 aromatic carbocycles. The van der Waals surface area contributed by atoms with Crippen molar-refractivity contribution >= 4 is 21.9 Å². The first kappa shape index (κ1) is 22.1. The summed E-state index contributed by atoms with van der Waals surface area (Å²) < 4.78 is 30.9. The molecule has 1 amide bonds. The van der Waals surface area contributed by atoms with Crippen molar-refractivity contribution in [3.05, 3.63) is 34.9 Å². The fraction of sp³-hybridized carbons (Fsp3) is 0.529. The van der Waals surface area contributed by atoms with E-state index in [0.29, 0.717) is 5.56 Å². The number of nitrogens with one attached hydrogen (secondary N) is 2. The number of sulfonamides is 1. The second-order valence-electron chi connectivity index (χ2n) is 6.24. The zero-order valence-corrected chi connectivity index (χ0v) is 16.2. The average molecular weight is 386 g/mol. The molecule has 0 aliphatic heterocycles. The van der Waals surface area contributed by atoms with Gasteiger partial charge in [0.15, 0.2) is 6.04 Å². The molecule has 0 aromatic heterocycles. The average Bonchev–Trinajstić information content (AvgIpc) is 2.52. The number of ether oxygens (including phenoxy) is 1. The Kier molecular flexibility index (Phi) is 8.19. The Balaban J connectivity index is 2.65. The molecule has 8 nitrogen and oxygen atoms in total. The van der Waals surface area contributed by atoms with Gasteiger partial charge < -0.3 is 15.2 Å². The molecule has 0 spiro atoms. The summed E-state index contributed by atoms with van der Waals surface area (Å²) in [4.78, 5) is 23.4. The van der Waals surface area contributed by atoms with E-state index in [1.165, 1.54) is 0 Å². The van der Waals surface area contributed by atoms with Crippen LogP contribution in [0.2, 0.25) is 0 Å². The van der Waals surface area contributed by atoms with Crippen LogP contribution < -0.4 is 10.0 Å². The summed E-state index contributed by atoms with van der Waals surface area (Å²) in [5.74, 6) is -2.24. The first-order valence-corrected chi connectivity index (χ1v) is 9.85. The van der Waals surface area contributed by atoms with E-state index in [0.717, 1.165) is 11.1 Å². The van der Waals surface area contributed by atoms with Gasteiger partial charge in [-0.05, 0) is 44.4 Å². The highest BCUT2D eigenvalue weighted by atomic mass is 32.2. The van der Waals surface area contributed by atoms with E-state index >= 15 is 0 Å². The number of carboxylic acid groups (broad SMARTS) is 1. The Morgan fingerprint density at radius 2 is 1.85 bits per heavy atom. The number of hydrogen-bond donors (Lipinski definition) is 3. The van der Waals surface area contributed by atoms with Crippen LogP contribution in [-0.4, -0.2) is 50.4 Å². The highest BCUT2D eigenvalue weighted by molar-refractivity contribution is 7.89. The first-order chi connectivity index (χ1) is 12.0. The second kappa shape index (κ2) is 9.65. The number of carboxylic acids is 1. The topological polar surface area (TPSA) is 122 Å². The molecule has 0 aliphatic carbocycles. The number of aryl methyl sites for hydroxylation is 2. The lowest BCUT2D eigenvalue weighted by Gasteiger charge is -2.16. The number of amides is 1. The van der Waals surface area contributed by atoms with E-state index < -0.39 is 34.5 Å². The number of rotatable bonds is 10. The minimum Gasteiger partial charge on any atom is -0.479 e. The molecule has 0 saturated carbocycles. The van der Waals surface area contributed by atoms with Crippen LogP contribution in [0.3, 0.4) is 0 Å². The van der Waals surface area contributed by atoms with Crippen LogP contribution in [0.4, 0.5) is 0 Å². The summed E-state index contributed by atoms with van der Waals surface area (Å²) in [5, 5.41) is 11.7. The Morgan fingerprint density at radius 3 is 2.38 bits per heavy atom. The van der Waals surface area contributed by atoms with E-state index in [2.05, 4.69) is 10.0 Å². The van der Waals surface area contributed by atoms with Gasteiger partial charge in [0.05, 0.1) is 25.0 Å². The van der Waals surface area contributed by atoms with Crippen LogP contribution >= 0.6 is 0 Å². The number of aliphatic carboxylic acids is 1. The van der Waals surface area contributed by atoms with Gasteiger partial charge in [-0.3, -0.25) is 4.79 Å². The molecule has 9 heteroatoms. The van der Waals surface area contributed by atoms with Crippen LogP contribution in [0.25, 0.3) is 0 Å². The lowest BCUT2D eigenvalue weighted by atomic mass is 10.0. The maximum absolute atomic E-state index is 12.0. The van der Waals surface area contributed by atoms with Crippen molar-refractivity contribution in [2.24, 2.45) is 0 Å². The van der Waals surface area contributed by atoms with Crippen LogP contribution in [0.1, 0.15) is 36.6 Å². The molecule has 1 rings (SSSR count). The molecule has 0 fully saturated rings. The summed E-state index contributed by atoms with van der Waals surface area (Å²) in [5.41, 5.74) is 2.32. The van der Waals surface area contributed by atoms with Gasteiger partial charge in [-0.15, -0.1) is 0 Å². The quantitative estimate of drug-likeness (QED) is 0.549. The normalized spacial score (nSPS) is 12.8. The predicted molar refractivity (Wildman–Crippen MR) is 97.3 cm³/mol. The van der Waals surface area contributed by atoms with Crippen molar-refractivity contribution in [3.8, 4) is 0 Å². The van der Waals surface area contributed by atoms with Gasteiger partial charge in [-0.2, -0.15) is 0 Å². The predicted octanol–water partition coefficient (Wildman–Crippen LogP) is 0.890. The largest absolute Gasteiger partial charge is 0.479 e. The summed E-state index contributed by atoms with van der Waals surface area (Å²) in [6.07, 6.45) is -0.0946. The van der Waals surface area contributed by atoms with Gasteiger partial charge >= 0.3 is 5.97 Å². The summed E-state index contributed by atoms with van der Waals surface area (Å²) in [6.45, 7) is 6.77. The van der Waals surface area contributed by atoms with Gasteiger partial charge in [0, 0.05) is 0 Å². The standard InChI is InChI=1S/C17H26N2O6S/c1-11(2)25-7-8-26(23,24)18-10-15(20)19-16(17(21)22)14-6-5-12(3)13(4)9-14/h5-6,9,11,16,18H,7-8,10H2,1-4H3,(H,19,20)(H,21,22). The maximum atomic E-state index is 12.0. The molecule has 1 aromatic rings. The van der Waals surface area contributed by atoms with Crippen LogP contribution in [-0.2, 0) is 24.3 Å². The molecule has 0 bridgehead atoms. The summed E-state index contributed by atoms with van der Waals surface area (Å²) >= 11 is 0. The fourth-order valence-corrected chi connectivity index (χ4v) is 2.90. The van der Waals surface area contributed by atoms with Crippen molar-refractivity contribution in [2.75, 3.05) is 18.9 Å². The number of hydrogen-bond acceptors (Lipinski definition) is 5. The van der Waals surface area contributed by atoms with Gasteiger partial charge in [-0.1, -0.05) is 18.2 Å². The third kappa shape index (κ3) is 7.51. The lowest BCUT2D eigenvalue weighted by molar-refractivity contribution is -0.141. The number of benzene rings is 1.